The van der Waals surface area contributed by atoms with Crippen molar-refractivity contribution in [2.75, 3.05) is 0 Å². The Morgan fingerprint density at radius 1 is 1.16 bits per heavy atom. The predicted octanol–water partition coefficient (Wildman–Crippen LogP) is 4.59. The van der Waals surface area contributed by atoms with Gasteiger partial charge in [-0.15, -0.1) is 0 Å². The Balaban J connectivity index is 2.39. The van der Waals surface area contributed by atoms with Gasteiger partial charge in [-0.1, -0.05) is 40.2 Å². The third-order valence-electron chi connectivity index (χ3n) is 2.79. The Morgan fingerprint density at radius 3 is 2.53 bits per heavy atom. The van der Waals surface area contributed by atoms with Gasteiger partial charge in [-0.3, -0.25) is 10.1 Å². The first-order chi connectivity index (χ1) is 9.13. The minimum absolute atomic E-state index is 0.0637. The zero-order valence-corrected chi connectivity index (χ0v) is 11.9. The summed E-state index contributed by atoms with van der Waals surface area (Å²) in [7, 11) is 0. The number of hydrogen-bond acceptors (Lipinski definition) is 3. The van der Waals surface area contributed by atoms with E-state index in [1.54, 1.807) is 19.1 Å². The summed E-state index contributed by atoms with van der Waals surface area (Å²) in [5.74, 6) is 1.20. The molecule has 0 saturated carbocycles. The Hall–Kier alpha value is -1.88. The molecule has 19 heavy (non-hydrogen) atoms. The zero-order valence-electron chi connectivity index (χ0n) is 10.3. The number of benzene rings is 2. The van der Waals surface area contributed by atoms with E-state index in [1.807, 2.05) is 24.3 Å². The van der Waals surface area contributed by atoms with E-state index in [0.717, 1.165) is 5.56 Å². The van der Waals surface area contributed by atoms with E-state index in [-0.39, 0.29) is 5.69 Å². The number of rotatable bonds is 4. The second-order valence-electron chi connectivity index (χ2n) is 4.00. The van der Waals surface area contributed by atoms with Gasteiger partial charge in [0.2, 0.25) is 0 Å². The van der Waals surface area contributed by atoms with E-state index in [9.17, 15) is 10.1 Å². The van der Waals surface area contributed by atoms with Crippen LogP contribution in [0.25, 0.3) is 0 Å². The van der Waals surface area contributed by atoms with Crippen molar-refractivity contribution < 1.29 is 9.66 Å². The van der Waals surface area contributed by atoms with Crippen LogP contribution in [0.5, 0.6) is 11.5 Å². The van der Waals surface area contributed by atoms with Gasteiger partial charge in [0.15, 0.2) is 0 Å². The first-order valence-corrected chi connectivity index (χ1v) is 6.81. The lowest BCUT2D eigenvalue weighted by Gasteiger charge is -2.11. The predicted molar refractivity (Wildman–Crippen MR) is 77.0 cm³/mol. The van der Waals surface area contributed by atoms with E-state index in [2.05, 4.69) is 15.9 Å². The molecule has 0 aliphatic heterocycles. The van der Waals surface area contributed by atoms with Crippen molar-refractivity contribution in [2.24, 2.45) is 0 Å². The number of halogens is 1. The number of alkyl halides is 1. The molecule has 0 bridgehead atoms. The fraction of sp³-hybridized carbons (Fsp3) is 0.143. The molecule has 0 unspecified atom stereocenters. The lowest BCUT2D eigenvalue weighted by molar-refractivity contribution is -0.385. The van der Waals surface area contributed by atoms with Gasteiger partial charge < -0.3 is 4.74 Å². The maximum atomic E-state index is 10.9. The van der Waals surface area contributed by atoms with E-state index < -0.39 is 4.92 Å². The molecule has 0 aromatic heterocycles. The minimum Gasteiger partial charge on any atom is -0.457 e. The van der Waals surface area contributed by atoms with Crippen LogP contribution in [0, 0.1) is 17.0 Å². The second-order valence-corrected chi connectivity index (χ2v) is 4.56. The van der Waals surface area contributed by atoms with Crippen LogP contribution in [0.1, 0.15) is 11.1 Å². The summed E-state index contributed by atoms with van der Waals surface area (Å²) in [6, 6.07) is 12.4. The standard InChI is InChI=1S/C14H12BrNO3/c1-10-12(16(17)18)6-4-8-13(10)19-14-7-3-2-5-11(14)9-15/h2-8H,9H2,1H3. The van der Waals surface area contributed by atoms with Gasteiger partial charge in [-0.25, -0.2) is 0 Å². The number of nitro groups is 1. The molecule has 0 aliphatic rings. The van der Waals surface area contributed by atoms with Crippen molar-refractivity contribution in [2.45, 2.75) is 12.3 Å². The molecule has 0 radical (unpaired) electrons. The van der Waals surface area contributed by atoms with Crippen molar-refractivity contribution in [1.29, 1.82) is 0 Å². The summed E-state index contributed by atoms with van der Waals surface area (Å²) in [5.41, 5.74) is 1.58. The van der Waals surface area contributed by atoms with Crippen LogP contribution in [0.2, 0.25) is 0 Å². The smallest absolute Gasteiger partial charge is 0.276 e. The second kappa shape index (κ2) is 5.84. The Kier molecular flexibility index (Phi) is 4.16. The van der Waals surface area contributed by atoms with Gasteiger partial charge in [0.1, 0.15) is 11.5 Å². The first kappa shape index (κ1) is 13.5. The highest BCUT2D eigenvalue weighted by atomic mass is 79.9. The van der Waals surface area contributed by atoms with Crippen molar-refractivity contribution in [3.63, 3.8) is 0 Å². The van der Waals surface area contributed by atoms with Crippen LogP contribution in [-0.2, 0) is 5.33 Å². The van der Waals surface area contributed by atoms with Gasteiger partial charge in [-0.05, 0) is 19.1 Å². The molecule has 0 heterocycles. The SMILES string of the molecule is Cc1c(Oc2ccccc2CBr)cccc1[N+](=O)[O-]. The Morgan fingerprint density at radius 2 is 1.84 bits per heavy atom. The number of hydrogen-bond donors (Lipinski definition) is 0. The molecule has 5 heteroatoms. The summed E-state index contributed by atoms with van der Waals surface area (Å²) in [6.45, 7) is 1.68. The van der Waals surface area contributed by atoms with E-state index >= 15 is 0 Å². The summed E-state index contributed by atoms with van der Waals surface area (Å²) in [6.07, 6.45) is 0. The summed E-state index contributed by atoms with van der Waals surface area (Å²) >= 11 is 3.39. The lowest BCUT2D eigenvalue weighted by Crippen LogP contribution is -1.95. The highest BCUT2D eigenvalue weighted by Gasteiger charge is 2.15. The molecule has 0 amide bonds. The highest BCUT2D eigenvalue weighted by molar-refractivity contribution is 9.08. The monoisotopic (exact) mass is 321 g/mol. The maximum absolute atomic E-state index is 10.9. The fourth-order valence-electron chi connectivity index (χ4n) is 1.74. The average molecular weight is 322 g/mol. The lowest BCUT2D eigenvalue weighted by atomic mass is 10.1. The number of nitrogens with zero attached hydrogens (tertiary/aromatic N) is 1. The van der Waals surface area contributed by atoms with Gasteiger partial charge in [0.25, 0.3) is 5.69 Å². The zero-order chi connectivity index (χ0) is 13.8. The summed E-state index contributed by atoms with van der Waals surface area (Å²) in [4.78, 5) is 10.5. The van der Waals surface area contributed by atoms with Crippen LogP contribution < -0.4 is 4.74 Å². The molecular formula is C14H12BrNO3. The summed E-state index contributed by atoms with van der Waals surface area (Å²) in [5, 5.41) is 11.6. The van der Waals surface area contributed by atoms with E-state index in [1.165, 1.54) is 6.07 Å². The van der Waals surface area contributed by atoms with Gasteiger partial charge in [-0.2, -0.15) is 0 Å². The maximum Gasteiger partial charge on any atom is 0.276 e. The molecule has 4 nitrogen and oxygen atoms in total. The molecule has 0 N–H and O–H groups in total. The first-order valence-electron chi connectivity index (χ1n) is 5.69. The summed E-state index contributed by atoms with van der Waals surface area (Å²) < 4.78 is 5.79. The Labute approximate surface area is 119 Å². The average Bonchev–Trinajstić information content (AvgIpc) is 2.41. The highest BCUT2D eigenvalue weighted by Crippen LogP contribution is 2.32. The van der Waals surface area contributed by atoms with Crippen LogP contribution in [0.3, 0.4) is 0 Å². The van der Waals surface area contributed by atoms with Crippen LogP contribution >= 0.6 is 15.9 Å². The van der Waals surface area contributed by atoms with Crippen molar-refractivity contribution in [1.82, 2.24) is 0 Å². The third-order valence-corrected chi connectivity index (χ3v) is 3.39. The third kappa shape index (κ3) is 2.93. The van der Waals surface area contributed by atoms with Crippen LogP contribution in [0.15, 0.2) is 42.5 Å². The van der Waals surface area contributed by atoms with Crippen molar-refractivity contribution in [3.8, 4) is 11.5 Å². The fourth-order valence-corrected chi connectivity index (χ4v) is 2.21. The van der Waals surface area contributed by atoms with Crippen molar-refractivity contribution in [3.05, 3.63) is 63.7 Å². The van der Waals surface area contributed by atoms with Gasteiger partial charge in [0.05, 0.1) is 10.5 Å². The van der Waals surface area contributed by atoms with E-state index in [4.69, 9.17) is 4.74 Å². The molecule has 0 atom stereocenters. The molecular weight excluding hydrogens is 310 g/mol. The molecule has 0 spiro atoms. The number of nitro benzene ring substituents is 1. The minimum atomic E-state index is -0.404. The molecule has 0 fully saturated rings. The quantitative estimate of drug-likeness (QED) is 0.470. The molecule has 2 aromatic carbocycles. The number of ether oxygens (including phenoxy) is 1. The Bertz CT molecular complexity index is 613. The van der Waals surface area contributed by atoms with E-state index in [0.29, 0.717) is 22.4 Å². The molecule has 2 rings (SSSR count). The number of para-hydroxylation sites is 1. The van der Waals surface area contributed by atoms with Crippen molar-refractivity contribution >= 4 is 21.6 Å². The van der Waals surface area contributed by atoms with Gasteiger partial charge >= 0.3 is 0 Å². The molecule has 98 valence electrons. The van der Waals surface area contributed by atoms with Crippen LogP contribution in [0.4, 0.5) is 5.69 Å². The normalized spacial score (nSPS) is 10.2. The van der Waals surface area contributed by atoms with Crippen LogP contribution in [-0.4, -0.2) is 4.92 Å². The molecule has 2 aromatic rings. The van der Waals surface area contributed by atoms with Gasteiger partial charge in [0, 0.05) is 17.0 Å². The largest absolute Gasteiger partial charge is 0.457 e. The topological polar surface area (TPSA) is 52.4 Å². The molecule has 0 aliphatic carbocycles. The molecule has 0 saturated heterocycles.